The van der Waals surface area contributed by atoms with Crippen LogP contribution in [0.2, 0.25) is 5.02 Å². The van der Waals surface area contributed by atoms with Gasteiger partial charge >= 0.3 is 0 Å². The van der Waals surface area contributed by atoms with Crippen molar-refractivity contribution in [3.05, 3.63) is 52.8 Å². The largest absolute Gasteiger partial charge is 0.396 e. The molecule has 1 aromatic heterocycles. The fraction of sp³-hybridized carbons (Fsp3) is 0.143. The van der Waals surface area contributed by atoms with Gasteiger partial charge in [0.2, 0.25) is 0 Å². The Hall–Kier alpha value is -2.07. The Morgan fingerprint density at radius 2 is 2.11 bits per heavy atom. The summed E-state index contributed by atoms with van der Waals surface area (Å²) in [6.45, 7) is 1.89. The second kappa shape index (κ2) is 5.28. The van der Waals surface area contributed by atoms with Crippen LogP contribution in [0, 0.1) is 6.92 Å². The zero-order valence-electron chi connectivity index (χ0n) is 10.7. The van der Waals surface area contributed by atoms with Crippen LogP contribution in [0.15, 0.2) is 36.7 Å². The van der Waals surface area contributed by atoms with E-state index in [-0.39, 0.29) is 5.91 Å². The Bertz CT molecular complexity index is 628. The predicted molar refractivity (Wildman–Crippen MR) is 77.6 cm³/mol. The minimum atomic E-state index is -0.167. The number of aromatic nitrogens is 1. The van der Waals surface area contributed by atoms with Crippen molar-refractivity contribution in [2.45, 2.75) is 6.92 Å². The maximum atomic E-state index is 12.4. The third kappa shape index (κ3) is 2.69. The molecule has 4 nitrogen and oxygen atoms in total. The zero-order valence-corrected chi connectivity index (χ0v) is 11.5. The summed E-state index contributed by atoms with van der Waals surface area (Å²) in [4.78, 5) is 17.7. The van der Waals surface area contributed by atoms with E-state index >= 15 is 0 Å². The second-order valence-electron chi connectivity index (χ2n) is 4.26. The van der Waals surface area contributed by atoms with Crippen LogP contribution in [0.25, 0.3) is 0 Å². The highest BCUT2D eigenvalue weighted by Crippen LogP contribution is 2.23. The van der Waals surface area contributed by atoms with Gasteiger partial charge in [0.15, 0.2) is 0 Å². The number of amides is 1. The lowest BCUT2D eigenvalue weighted by atomic mass is 10.1. The van der Waals surface area contributed by atoms with Crippen LogP contribution >= 0.6 is 11.6 Å². The van der Waals surface area contributed by atoms with Crippen molar-refractivity contribution in [3.63, 3.8) is 0 Å². The average molecular weight is 276 g/mol. The number of nitrogens with two attached hydrogens (primary N) is 1. The molecule has 0 bridgehead atoms. The minimum Gasteiger partial charge on any atom is -0.396 e. The topological polar surface area (TPSA) is 59.2 Å². The van der Waals surface area contributed by atoms with E-state index in [0.717, 1.165) is 5.56 Å². The third-order valence-corrected chi connectivity index (χ3v) is 3.32. The number of hydrogen-bond donors (Lipinski definition) is 1. The number of nitrogens with zero attached hydrogens (tertiary/aromatic N) is 2. The van der Waals surface area contributed by atoms with Gasteiger partial charge in [0.05, 0.1) is 17.6 Å². The molecular weight excluding hydrogens is 262 g/mol. The number of halogens is 1. The molecule has 1 heterocycles. The summed E-state index contributed by atoms with van der Waals surface area (Å²) >= 11 is 6.03. The minimum absolute atomic E-state index is 0.167. The first kappa shape index (κ1) is 13.4. The number of nitrogen functional groups attached to an aromatic ring is 1. The van der Waals surface area contributed by atoms with Gasteiger partial charge < -0.3 is 10.6 Å². The SMILES string of the molecule is Cc1ccc(C(=O)N(C)c2ccncc2N)cc1Cl. The monoisotopic (exact) mass is 275 g/mol. The van der Waals surface area contributed by atoms with E-state index < -0.39 is 0 Å². The quantitative estimate of drug-likeness (QED) is 0.917. The van der Waals surface area contributed by atoms with Crippen molar-refractivity contribution < 1.29 is 4.79 Å². The summed E-state index contributed by atoms with van der Waals surface area (Å²) < 4.78 is 0. The maximum Gasteiger partial charge on any atom is 0.258 e. The number of benzene rings is 1. The van der Waals surface area contributed by atoms with Gasteiger partial charge in [0.25, 0.3) is 5.91 Å². The Labute approximate surface area is 116 Å². The lowest BCUT2D eigenvalue weighted by Gasteiger charge is -2.19. The van der Waals surface area contributed by atoms with Crippen molar-refractivity contribution in [2.75, 3.05) is 17.7 Å². The van der Waals surface area contributed by atoms with Gasteiger partial charge in [-0.2, -0.15) is 0 Å². The summed E-state index contributed by atoms with van der Waals surface area (Å²) in [5.41, 5.74) is 8.34. The molecule has 98 valence electrons. The lowest BCUT2D eigenvalue weighted by Crippen LogP contribution is -2.27. The van der Waals surface area contributed by atoms with Crippen LogP contribution in [0.1, 0.15) is 15.9 Å². The van der Waals surface area contributed by atoms with Gasteiger partial charge in [-0.25, -0.2) is 0 Å². The summed E-state index contributed by atoms with van der Waals surface area (Å²) in [5.74, 6) is -0.167. The molecule has 0 saturated carbocycles. The predicted octanol–water partition coefficient (Wildman–Crippen LogP) is 2.90. The van der Waals surface area contributed by atoms with Crippen LogP contribution in [-0.2, 0) is 0 Å². The van der Waals surface area contributed by atoms with E-state index in [9.17, 15) is 4.79 Å². The first-order chi connectivity index (χ1) is 9.00. The van der Waals surface area contributed by atoms with Crippen molar-refractivity contribution in [1.29, 1.82) is 0 Å². The molecule has 0 radical (unpaired) electrons. The van der Waals surface area contributed by atoms with Gasteiger partial charge in [0.1, 0.15) is 0 Å². The van der Waals surface area contributed by atoms with Crippen LogP contribution in [0.3, 0.4) is 0 Å². The maximum absolute atomic E-state index is 12.4. The second-order valence-corrected chi connectivity index (χ2v) is 4.67. The molecule has 0 aliphatic carbocycles. The number of anilines is 2. The normalized spacial score (nSPS) is 10.3. The molecule has 0 saturated heterocycles. The molecule has 0 fully saturated rings. The van der Waals surface area contributed by atoms with Crippen LogP contribution in [0.5, 0.6) is 0 Å². The molecule has 1 aromatic carbocycles. The first-order valence-electron chi connectivity index (χ1n) is 5.74. The summed E-state index contributed by atoms with van der Waals surface area (Å²) in [5, 5.41) is 0.571. The van der Waals surface area contributed by atoms with Gasteiger partial charge in [-0.3, -0.25) is 9.78 Å². The molecule has 0 unspecified atom stereocenters. The van der Waals surface area contributed by atoms with E-state index in [1.807, 2.05) is 13.0 Å². The third-order valence-electron chi connectivity index (χ3n) is 2.91. The van der Waals surface area contributed by atoms with Gasteiger partial charge in [-0.1, -0.05) is 17.7 Å². The number of carbonyl (C=O) groups is 1. The summed E-state index contributed by atoms with van der Waals surface area (Å²) in [6.07, 6.45) is 3.11. The molecule has 2 N–H and O–H groups in total. The van der Waals surface area contributed by atoms with Gasteiger partial charge in [0, 0.05) is 23.8 Å². The van der Waals surface area contributed by atoms with E-state index in [1.165, 1.54) is 11.1 Å². The molecule has 1 amide bonds. The molecule has 0 atom stereocenters. The molecule has 0 spiro atoms. The highest BCUT2D eigenvalue weighted by Gasteiger charge is 2.16. The number of carbonyl (C=O) groups excluding carboxylic acids is 1. The highest BCUT2D eigenvalue weighted by molar-refractivity contribution is 6.31. The molecule has 5 heteroatoms. The Morgan fingerprint density at radius 3 is 2.74 bits per heavy atom. The smallest absolute Gasteiger partial charge is 0.258 e. The Morgan fingerprint density at radius 1 is 1.37 bits per heavy atom. The van der Waals surface area contributed by atoms with Crippen LogP contribution in [-0.4, -0.2) is 17.9 Å². The van der Waals surface area contributed by atoms with Crippen LogP contribution < -0.4 is 10.6 Å². The van der Waals surface area contributed by atoms with E-state index in [1.54, 1.807) is 31.4 Å². The first-order valence-corrected chi connectivity index (χ1v) is 6.12. The van der Waals surface area contributed by atoms with Crippen molar-refractivity contribution in [2.24, 2.45) is 0 Å². The molecule has 2 rings (SSSR count). The average Bonchev–Trinajstić information content (AvgIpc) is 2.41. The van der Waals surface area contributed by atoms with Gasteiger partial charge in [-0.15, -0.1) is 0 Å². The van der Waals surface area contributed by atoms with E-state index in [0.29, 0.717) is 22.0 Å². The number of pyridine rings is 1. The fourth-order valence-electron chi connectivity index (χ4n) is 1.73. The molecule has 0 aliphatic rings. The molecule has 2 aromatic rings. The molecule has 0 aliphatic heterocycles. The number of aryl methyl sites for hydroxylation is 1. The highest BCUT2D eigenvalue weighted by atomic mass is 35.5. The lowest BCUT2D eigenvalue weighted by molar-refractivity contribution is 0.0993. The van der Waals surface area contributed by atoms with Gasteiger partial charge in [-0.05, 0) is 30.7 Å². The summed E-state index contributed by atoms with van der Waals surface area (Å²) in [6, 6.07) is 6.92. The van der Waals surface area contributed by atoms with Crippen molar-refractivity contribution >= 4 is 28.9 Å². The zero-order chi connectivity index (χ0) is 14.0. The van der Waals surface area contributed by atoms with E-state index in [2.05, 4.69) is 4.98 Å². The fourth-order valence-corrected chi connectivity index (χ4v) is 1.91. The van der Waals surface area contributed by atoms with Crippen LogP contribution in [0.4, 0.5) is 11.4 Å². The molecular formula is C14H14ClN3O. The standard InChI is InChI=1S/C14H14ClN3O/c1-9-3-4-10(7-11(9)15)14(19)18(2)13-5-6-17-8-12(13)16/h3-8H,16H2,1-2H3. The Kier molecular flexibility index (Phi) is 3.71. The number of hydrogen-bond acceptors (Lipinski definition) is 3. The summed E-state index contributed by atoms with van der Waals surface area (Å²) in [7, 11) is 1.67. The van der Waals surface area contributed by atoms with Crippen molar-refractivity contribution in [3.8, 4) is 0 Å². The Balaban J connectivity index is 2.34. The number of rotatable bonds is 2. The van der Waals surface area contributed by atoms with E-state index in [4.69, 9.17) is 17.3 Å². The molecule has 19 heavy (non-hydrogen) atoms. The van der Waals surface area contributed by atoms with Crippen molar-refractivity contribution in [1.82, 2.24) is 4.98 Å².